The van der Waals surface area contributed by atoms with Crippen molar-refractivity contribution < 1.29 is 14.3 Å². The van der Waals surface area contributed by atoms with Gasteiger partial charge in [0.25, 0.3) is 5.91 Å². The molecule has 132 valence electrons. The van der Waals surface area contributed by atoms with E-state index in [4.69, 9.17) is 9.47 Å². The van der Waals surface area contributed by atoms with Crippen LogP contribution in [-0.4, -0.2) is 55.7 Å². The molecular weight excluding hydrogens is 318 g/mol. The van der Waals surface area contributed by atoms with Crippen LogP contribution >= 0.6 is 0 Å². The lowest BCUT2D eigenvalue weighted by Crippen LogP contribution is -2.43. The number of nitrogens with one attached hydrogen (secondary N) is 1. The van der Waals surface area contributed by atoms with Gasteiger partial charge < -0.3 is 14.8 Å². The molecular formula is C19H23N3O3. The topological polar surface area (TPSA) is 63.7 Å². The summed E-state index contributed by atoms with van der Waals surface area (Å²) in [5.74, 6) is 0.561. The quantitative estimate of drug-likeness (QED) is 0.869. The van der Waals surface area contributed by atoms with Crippen LogP contribution in [0.3, 0.4) is 0 Å². The molecule has 0 spiro atoms. The van der Waals surface area contributed by atoms with Crippen molar-refractivity contribution in [1.82, 2.24) is 15.2 Å². The van der Waals surface area contributed by atoms with Crippen LogP contribution in [0.25, 0.3) is 0 Å². The summed E-state index contributed by atoms with van der Waals surface area (Å²) in [7, 11) is 1.59. The first-order valence-corrected chi connectivity index (χ1v) is 8.42. The fourth-order valence-corrected chi connectivity index (χ4v) is 2.98. The molecule has 1 aliphatic heterocycles. The van der Waals surface area contributed by atoms with E-state index in [1.165, 1.54) is 0 Å². The molecule has 0 bridgehead atoms. The molecule has 1 saturated heterocycles. The standard InChI is InChI=1S/C19H23N3O3/c1-24-17-6-2-4-15(12-17)19(23)21-14-18(16-5-3-7-20-13-16)22-8-10-25-11-9-22/h2-7,12-13,18H,8-11,14H2,1H3,(H,21,23). The van der Waals surface area contributed by atoms with Gasteiger partial charge in [-0.2, -0.15) is 0 Å². The van der Waals surface area contributed by atoms with Gasteiger partial charge in [-0.3, -0.25) is 14.7 Å². The molecule has 2 aromatic rings. The Morgan fingerprint density at radius 3 is 2.88 bits per heavy atom. The van der Waals surface area contributed by atoms with Crippen LogP contribution in [-0.2, 0) is 4.74 Å². The van der Waals surface area contributed by atoms with Crippen LogP contribution in [0.4, 0.5) is 0 Å². The smallest absolute Gasteiger partial charge is 0.251 e. The molecule has 3 rings (SSSR count). The Morgan fingerprint density at radius 2 is 2.16 bits per heavy atom. The summed E-state index contributed by atoms with van der Waals surface area (Å²) in [5, 5.41) is 3.04. The minimum Gasteiger partial charge on any atom is -0.497 e. The first-order valence-electron chi connectivity index (χ1n) is 8.42. The molecule has 0 aliphatic carbocycles. The van der Waals surface area contributed by atoms with E-state index >= 15 is 0 Å². The number of rotatable bonds is 6. The zero-order valence-electron chi connectivity index (χ0n) is 14.4. The van der Waals surface area contributed by atoms with Crippen molar-refractivity contribution in [2.75, 3.05) is 40.0 Å². The second kappa shape index (κ2) is 8.60. The molecule has 1 aromatic carbocycles. The highest BCUT2D eigenvalue weighted by molar-refractivity contribution is 5.94. The number of carbonyl (C=O) groups is 1. The summed E-state index contributed by atoms with van der Waals surface area (Å²) in [5.41, 5.74) is 1.68. The highest BCUT2D eigenvalue weighted by Crippen LogP contribution is 2.21. The monoisotopic (exact) mass is 341 g/mol. The van der Waals surface area contributed by atoms with E-state index in [1.807, 2.05) is 30.5 Å². The van der Waals surface area contributed by atoms with Gasteiger partial charge in [0, 0.05) is 37.6 Å². The summed E-state index contributed by atoms with van der Waals surface area (Å²) in [6.45, 7) is 3.62. The second-order valence-electron chi connectivity index (χ2n) is 5.89. The van der Waals surface area contributed by atoms with Crippen molar-refractivity contribution in [3.8, 4) is 5.75 Å². The average Bonchev–Trinajstić information content (AvgIpc) is 2.69. The van der Waals surface area contributed by atoms with Crippen molar-refractivity contribution >= 4 is 5.91 Å². The molecule has 1 fully saturated rings. The average molecular weight is 341 g/mol. The molecule has 2 heterocycles. The molecule has 1 amide bonds. The molecule has 0 radical (unpaired) electrons. The van der Waals surface area contributed by atoms with E-state index < -0.39 is 0 Å². The Bertz CT molecular complexity index is 687. The fraction of sp³-hybridized carbons (Fsp3) is 0.368. The maximum Gasteiger partial charge on any atom is 0.251 e. The number of nitrogens with zero attached hydrogens (tertiary/aromatic N) is 2. The van der Waals surface area contributed by atoms with E-state index in [2.05, 4.69) is 15.2 Å². The number of carbonyl (C=O) groups excluding carboxylic acids is 1. The Labute approximate surface area is 147 Å². The van der Waals surface area contributed by atoms with Crippen molar-refractivity contribution in [3.05, 3.63) is 59.9 Å². The van der Waals surface area contributed by atoms with E-state index in [-0.39, 0.29) is 11.9 Å². The first kappa shape index (κ1) is 17.4. The molecule has 1 unspecified atom stereocenters. The zero-order chi connectivity index (χ0) is 17.5. The van der Waals surface area contributed by atoms with E-state index in [1.54, 1.807) is 25.4 Å². The van der Waals surface area contributed by atoms with E-state index in [9.17, 15) is 4.79 Å². The third kappa shape index (κ3) is 4.55. The fourth-order valence-electron chi connectivity index (χ4n) is 2.98. The number of amides is 1. The summed E-state index contributed by atoms with van der Waals surface area (Å²) in [6, 6.07) is 11.2. The van der Waals surface area contributed by atoms with Gasteiger partial charge in [-0.05, 0) is 29.8 Å². The summed E-state index contributed by atoms with van der Waals surface area (Å²) in [6.07, 6.45) is 3.62. The number of aromatic nitrogens is 1. The van der Waals surface area contributed by atoms with Crippen molar-refractivity contribution in [1.29, 1.82) is 0 Å². The van der Waals surface area contributed by atoms with Crippen molar-refractivity contribution in [2.45, 2.75) is 6.04 Å². The highest BCUT2D eigenvalue weighted by atomic mass is 16.5. The Balaban J connectivity index is 1.70. The first-order chi connectivity index (χ1) is 12.3. The molecule has 6 nitrogen and oxygen atoms in total. The van der Waals surface area contributed by atoms with Gasteiger partial charge in [-0.25, -0.2) is 0 Å². The number of morpholine rings is 1. The zero-order valence-corrected chi connectivity index (χ0v) is 14.4. The summed E-state index contributed by atoms with van der Waals surface area (Å²) in [4.78, 5) is 19.1. The molecule has 0 saturated carbocycles. The number of hydrogen-bond acceptors (Lipinski definition) is 5. The lowest BCUT2D eigenvalue weighted by molar-refractivity contribution is 0.0161. The lowest BCUT2D eigenvalue weighted by atomic mass is 10.1. The van der Waals surface area contributed by atoms with Gasteiger partial charge in [0.1, 0.15) is 5.75 Å². The van der Waals surface area contributed by atoms with Gasteiger partial charge in [-0.1, -0.05) is 12.1 Å². The number of benzene rings is 1. The van der Waals surface area contributed by atoms with Gasteiger partial charge in [0.15, 0.2) is 0 Å². The van der Waals surface area contributed by atoms with Crippen molar-refractivity contribution in [2.24, 2.45) is 0 Å². The van der Waals surface area contributed by atoms with Crippen LogP contribution < -0.4 is 10.1 Å². The van der Waals surface area contributed by atoms with Crippen LogP contribution in [0.15, 0.2) is 48.8 Å². The Hall–Kier alpha value is -2.44. The van der Waals surface area contributed by atoms with E-state index in [0.29, 0.717) is 31.1 Å². The third-order valence-corrected chi connectivity index (χ3v) is 4.34. The molecule has 25 heavy (non-hydrogen) atoms. The van der Waals surface area contributed by atoms with Crippen molar-refractivity contribution in [3.63, 3.8) is 0 Å². The molecule has 1 atom stereocenters. The van der Waals surface area contributed by atoms with Gasteiger partial charge in [0.05, 0.1) is 26.4 Å². The number of ether oxygens (including phenoxy) is 2. The lowest BCUT2D eigenvalue weighted by Gasteiger charge is -2.34. The van der Waals surface area contributed by atoms with Crippen LogP contribution in [0.1, 0.15) is 22.0 Å². The second-order valence-corrected chi connectivity index (χ2v) is 5.89. The summed E-state index contributed by atoms with van der Waals surface area (Å²) >= 11 is 0. The molecule has 6 heteroatoms. The maximum atomic E-state index is 12.5. The summed E-state index contributed by atoms with van der Waals surface area (Å²) < 4.78 is 10.6. The van der Waals surface area contributed by atoms with Crippen LogP contribution in [0.2, 0.25) is 0 Å². The van der Waals surface area contributed by atoms with Crippen LogP contribution in [0.5, 0.6) is 5.75 Å². The van der Waals surface area contributed by atoms with Gasteiger partial charge >= 0.3 is 0 Å². The normalized spacial score (nSPS) is 16.2. The maximum absolute atomic E-state index is 12.5. The van der Waals surface area contributed by atoms with Crippen LogP contribution in [0, 0.1) is 0 Å². The predicted octanol–water partition coefficient (Wildman–Crippen LogP) is 1.89. The minimum atomic E-state index is -0.110. The number of hydrogen-bond donors (Lipinski definition) is 1. The highest BCUT2D eigenvalue weighted by Gasteiger charge is 2.23. The van der Waals surface area contributed by atoms with E-state index in [0.717, 1.165) is 18.7 Å². The SMILES string of the molecule is COc1cccc(C(=O)NCC(c2cccnc2)N2CCOCC2)c1. The Morgan fingerprint density at radius 1 is 1.32 bits per heavy atom. The number of pyridine rings is 1. The minimum absolute atomic E-state index is 0.0761. The van der Waals surface area contributed by atoms with Gasteiger partial charge in [0.2, 0.25) is 0 Å². The third-order valence-electron chi connectivity index (χ3n) is 4.34. The Kier molecular flexibility index (Phi) is 5.98. The predicted molar refractivity (Wildman–Crippen MR) is 94.7 cm³/mol. The molecule has 1 aliphatic rings. The molecule has 1 aromatic heterocycles. The molecule has 1 N–H and O–H groups in total. The largest absolute Gasteiger partial charge is 0.497 e. The van der Waals surface area contributed by atoms with Gasteiger partial charge in [-0.15, -0.1) is 0 Å². The number of methoxy groups -OCH3 is 1.